The summed E-state index contributed by atoms with van der Waals surface area (Å²) < 4.78 is 0. The minimum absolute atomic E-state index is 0.211. The molecule has 3 nitrogen and oxygen atoms in total. The van der Waals surface area contributed by atoms with E-state index in [4.69, 9.17) is 0 Å². The molecule has 3 rings (SSSR count). The highest BCUT2D eigenvalue weighted by Gasteiger charge is 2.35. The number of carbonyl (C=O) groups is 1. The summed E-state index contributed by atoms with van der Waals surface area (Å²) in [6.45, 7) is 1.26. The number of fused-ring (bicyclic) bond motifs is 1. The van der Waals surface area contributed by atoms with E-state index in [1.54, 1.807) is 0 Å². The number of rotatable bonds is 1. The smallest absolute Gasteiger partial charge is 0.241 e. The first-order chi connectivity index (χ1) is 7.36. The molecule has 1 aromatic rings. The molecule has 1 heterocycles. The van der Waals surface area contributed by atoms with Crippen LogP contribution in [0, 0.1) is 0 Å². The largest absolute Gasteiger partial charge is 0.308 e. The lowest BCUT2D eigenvalue weighted by Crippen LogP contribution is -2.37. The van der Waals surface area contributed by atoms with E-state index in [1.165, 1.54) is 5.56 Å². The molecular formula is C12H14N2O. The Balaban J connectivity index is 2.06. The summed E-state index contributed by atoms with van der Waals surface area (Å²) >= 11 is 0. The number of carbonyl (C=O) groups excluding carboxylic acids is 1. The van der Waals surface area contributed by atoms with Crippen molar-refractivity contribution in [3.8, 4) is 0 Å². The number of benzene rings is 1. The van der Waals surface area contributed by atoms with E-state index in [1.807, 2.05) is 17.0 Å². The average Bonchev–Trinajstić information content (AvgIpc) is 3.03. The zero-order valence-corrected chi connectivity index (χ0v) is 8.57. The summed E-state index contributed by atoms with van der Waals surface area (Å²) in [7, 11) is 0. The van der Waals surface area contributed by atoms with Crippen LogP contribution in [-0.2, 0) is 11.3 Å². The van der Waals surface area contributed by atoms with Gasteiger partial charge in [0.15, 0.2) is 0 Å². The molecule has 2 aliphatic rings. The summed E-state index contributed by atoms with van der Waals surface area (Å²) in [6, 6.07) is 8.64. The number of nitrogens with zero attached hydrogens (tertiary/aromatic N) is 1. The van der Waals surface area contributed by atoms with Crippen molar-refractivity contribution in [1.29, 1.82) is 0 Å². The predicted octanol–water partition coefficient (Wildman–Crippen LogP) is 1.29. The van der Waals surface area contributed by atoms with Gasteiger partial charge in [-0.25, -0.2) is 0 Å². The van der Waals surface area contributed by atoms with Crippen LogP contribution in [0.3, 0.4) is 0 Å². The van der Waals surface area contributed by atoms with Crippen LogP contribution in [0.15, 0.2) is 24.3 Å². The summed E-state index contributed by atoms with van der Waals surface area (Å²) in [5.74, 6) is 0.211. The second-order valence-electron chi connectivity index (χ2n) is 4.23. The number of hydrogen-bond acceptors (Lipinski definition) is 2. The van der Waals surface area contributed by atoms with E-state index in [2.05, 4.69) is 17.4 Å². The number of anilines is 1. The monoisotopic (exact) mass is 202 g/mol. The van der Waals surface area contributed by atoms with E-state index in [-0.39, 0.29) is 5.91 Å². The van der Waals surface area contributed by atoms with Gasteiger partial charge in [0.25, 0.3) is 0 Å². The van der Waals surface area contributed by atoms with E-state index in [0.29, 0.717) is 12.6 Å². The van der Waals surface area contributed by atoms with Crippen LogP contribution in [0.2, 0.25) is 0 Å². The van der Waals surface area contributed by atoms with Crippen molar-refractivity contribution in [1.82, 2.24) is 5.32 Å². The van der Waals surface area contributed by atoms with Crippen LogP contribution >= 0.6 is 0 Å². The zero-order chi connectivity index (χ0) is 10.3. The molecule has 1 aliphatic heterocycles. The van der Waals surface area contributed by atoms with Crippen molar-refractivity contribution in [3.05, 3.63) is 29.8 Å². The lowest BCUT2D eigenvalue weighted by Gasteiger charge is -2.22. The molecule has 1 amide bonds. The Morgan fingerprint density at radius 1 is 1.20 bits per heavy atom. The van der Waals surface area contributed by atoms with Crippen LogP contribution in [-0.4, -0.2) is 18.5 Å². The van der Waals surface area contributed by atoms with E-state index >= 15 is 0 Å². The first-order valence-electron chi connectivity index (χ1n) is 5.47. The van der Waals surface area contributed by atoms with Gasteiger partial charge in [-0.05, 0) is 24.5 Å². The third-order valence-electron chi connectivity index (χ3n) is 3.02. The average molecular weight is 202 g/mol. The normalized spacial score (nSPS) is 21.1. The fourth-order valence-corrected chi connectivity index (χ4v) is 2.15. The lowest BCUT2D eigenvalue weighted by atomic mass is 10.1. The Hall–Kier alpha value is -1.35. The molecule has 0 aromatic heterocycles. The quantitative estimate of drug-likeness (QED) is 0.744. The number of para-hydroxylation sites is 1. The Labute approximate surface area is 89.1 Å². The maximum atomic E-state index is 11.9. The molecule has 78 valence electrons. The second kappa shape index (κ2) is 3.35. The Morgan fingerprint density at radius 3 is 2.80 bits per heavy atom. The van der Waals surface area contributed by atoms with Gasteiger partial charge in [0.2, 0.25) is 5.91 Å². The molecule has 0 bridgehead atoms. The predicted molar refractivity (Wildman–Crippen MR) is 58.7 cm³/mol. The molecule has 15 heavy (non-hydrogen) atoms. The lowest BCUT2D eigenvalue weighted by molar-refractivity contribution is -0.117. The number of amides is 1. The summed E-state index contributed by atoms with van der Waals surface area (Å²) in [4.78, 5) is 13.9. The van der Waals surface area contributed by atoms with Crippen LogP contribution < -0.4 is 10.2 Å². The molecule has 3 heteroatoms. The van der Waals surface area contributed by atoms with Gasteiger partial charge in [0.1, 0.15) is 0 Å². The minimum Gasteiger partial charge on any atom is -0.308 e. The van der Waals surface area contributed by atoms with E-state index < -0.39 is 0 Å². The van der Waals surface area contributed by atoms with Gasteiger partial charge in [-0.3, -0.25) is 4.79 Å². The highest BCUT2D eigenvalue weighted by molar-refractivity contribution is 5.97. The second-order valence-corrected chi connectivity index (χ2v) is 4.23. The molecule has 0 saturated heterocycles. The molecule has 0 atom stereocenters. The van der Waals surface area contributed by atoms with Crippen molar-refractivity contribution >= 4 is 11.6 Å². The third-order valence-corrected chi connectivity index (χ3v) is 3.02. The van der Waals surface area contributed by atoms with Crippen molar-refractivity contribution in [3.63, 3.8) is 0 Å². The van der Waals surface area contributed by atoms with E-state index in [0.717, 1.165) is 25.1 Å². The molecule has 0 spiro atoms. The number of hydrogen-bond donors (Lipinski definition) is 1. The minimum atomic E-state index is 0.211. The zero-order valence-electron chi connectivity index (χ0n) is 8.57. The van der Waals surface area contributed by atoms with Crippen molar-refractivity contribution in [2.75, 3.05) is 11.4 Å². The molecule has 1 saturated carbocycles. The first kappa shape index (κ1) is 8.92. The Bertz CT molecular complexity index is 398. The van der Waals surface area contributed by atoms with Gasteiger partial charge in [-0.1, -0.05) is 18.2 Å². The fourth-order valence-electron chi connectivity index (χ4n) is 2.15. The summed E-state index contributed by atoms with van der Waals surface area (Å²) in [5.41, 5.74) is 2.34. The molecule has 1 fully saturated rings. The molecule has 0 radical (unpaired) electrons. The Kier molecular flexibility index (Phi) is 1.99. The summed E-state index contributed by atoms with van der Waals surface area (Å²) in [6.07, 6.45) is 2.31. The summed E-state index contributed by atoms with van der Waals surface area (Å²) in [5, 5.41) is 3.17. The van der Waals surface area contributed by atoms with Gasteiger partial charge < -0.3 is 10.2 Å². The molecule has 0 unspecified atom stereocenters. The molecular weight excluding hydrogens is 188 g/mol. The standard InChI is InChI=1S/C12H14N2O/c15-12-8-13-7-9-3-1-2-4-11(9)14(12)10-5-6-10/h1-4,10,13H,5-8H2. The third kappa shape index (κ3) is 1.53. The van der Waals surface area contributed by atoms with Gasteiger partial charge in [-0.15, -0.1) is 0 Å². The maximum Gasteiger partial charge on any atom is 0.241 e. The van der Waals surface area contributed by atoms with Crippen LogP contribution in [0.5, 0.6) is 0 Å². The van der Waals surface area contributed by atoms with Gasteiger partial charge >= 0.3 is 0 Å². The highest BCUT2D eigenvalue weighted by atomic mass is 16.2. The maximum absolute atomic E-state index is 11.9. The van der Waals surface area contributed by atoms with Gasteiger partial charge in [0, 0.05) is 18.3 Å². The SMILES string of the molecule is O=C1CNCc2ccccc2N1C1CC1. The first-order valence-corrected chi connectivity index (χ1v) is 5.47. The van der Waals surface area contributed by atoms with E-state index in [9.17, 15) is 4.79 Å². The van der Waals surface area contributed by atoms with Gasteiger partial charge in [0.05, 0.1) is 6.54 Å². The van der Waals surface area contributed by atoms with Gasteiger partial charge in [-0.2, -0.15) is 0 Å². The molecule has 1 N–H and O–H groups in total. The van der Waals surface area contributed by atoms with Crippen LogP contribution in [0.25, 0.3) is 0 Å². The highest BCUT2D eigenvalue weighted by Crippen LogP contribution is 2.34. The van der Waals surface area contributed by atoms with Crippen molar-refractivity contribution < 1.29 is 4.79 Å². The number of nitrogens with one attached hydrogen (secondary N) is 1. The van der Waals surface area contributed by atoms with Crippen LogP contribution in [0.1, 0.15) is 18.4 Å². The van der Waals surface area contributed by atoms with Crippen molar-refractivity contribution in [2.45, 2.75) is 25.4 Å². The Morgan fingerprint density at radius 2 is 2.00 bits per heavy atom. The fraction of sp³-hybridized carbons (Fsp3) is 0.417. The van der Waals surface area contributed by atoms with Crippen LogP contribution in [0.4, 0.5) is 5.69 Å². The topological polar surface area (TPSA) is 32.3 Å². The molecule has 1 aliphatic carbocycles. The van der Waals surface area contributed by atoms with Crippen molar-refractivity contribution in [2.24, 2.45) is 0 Å². The molecule has 1 aromatic carbocycles.